The number of hydrogen-bond donors (Lipinski definition) is 0. The minimum Gasteiger partial charge on any atom is -0.321 e. The number of aromatic nitrogens is 2. The topological polar surface area (TPSA) is 34.9 Å². The lowest BCUT2D eigenvalue weighted by molar-refractivity contribution is 0.111. The number of carbonyl (C=O) groups excluding carboxylic acids is 1. The quantitative estimate of drug-likeness (QED) is 0.435. The van der Waals surface area contributed by atoms with Crippen LogP contribution in [0, 0.1) is 0 Å². The van der Waals surface area contributed by atoms with Gasteiger partial charge in [0.1, 0.15) is 0 Å². The molecule has 3 heteroatoms. The summed E-state index contributed by atoms with van der Waals surface area (Å²) in [5.41, 5.74) is 5.62. The molecule has 3 aromatic carbocycles. The van der Waals surface area contributed by atoms with Crippen molar-refractivity contribution in [3.8, 4) is 0 Å². The highest BCUT2D eigenvalue weighted by Crippen LogP contribution is 2.21. The monoisotopic (exact) mass is 366 g/mol. The maximum absolute atomic E-state index is 11.8. The first-order valence-electron chi connectivity index (χ1n) is 9.48. The summed E-state index contributed by atoms with van der Waals surface area (Å²) < 4.78 is 2.06. The Kier molecular flexibility index (Phi) is 5.43. The van der Waals surface area contributed by atoms with Crippen molar-refractivity contribution in [3.63, 3.8) is 0 Å². The summed E-state index contributed by atoms with van der Waals surface area (Å²) in [6, 6.07) is 30.8. The first kappa shape index (κ1) is 17.9. The first-order chi connectivity index (χ1) is 13.8. The predicted molar refractivity (Wildman–Crippen MR) is 112 cm³/mol. The molecule has 0 fully saturated rings. The van der Waals surface area contributed by atoms with Gasteiger partial charge in [-0.1, -0.05) is 91.0 Å². The van der Waals surface area contributed by atoms with Gasteiger partial charge in [0.15, 0.2) is 12.1 Å². The number of imidazole rings is 1. The van der Waals surface area contributed by atoms with E-state index in [1.165, 1.54) is 11.1 Å². The maximum atomic E-state index is 11.8. The van der Waals surface area contributed by atoms with Gasteiger partial charge in [-0.15, -0.1) is 0 Å². The normalized spacial score (nSPS) is 10.7. The summed E-state index contributed by atoms with van der Waals surface area (Å²) in [7, 11) is 0. The van der Waals surface area contributed by atoms with Gasteiger partial charge in [0.05, 0.1) is 5.69 Å². The Morgan fingerprint density at radius 1 is 0.679 bits per heavy atom. The molecule has 1 heterocycles. The minimum absolute atomic E-state index is 0.487. The zero-order valence-electron chi connectivity index (χ0n) is 15.7. The van der Waals surface area contributed by atoms with Crippen LogP contribution in [0.5, 0.6) is 0 Å². The van der Waals surface area contributed by atoms with Gasteiger partial charge in [0, 0.05) is 25.1 Å². The van der Waals surface area contributed by atoms with E-state index in [-0.39, 0.29) is 0 Å². The summed E-state index contributed by atoms with van der Waals surface area (Å²) in [4.78, 5) is 16.5. The minimum atomic E-state index is 0.487. The van der Waals surface area contributed by atoms with Crippen LogP contribution in [0.3, 0.4) is 0 Å². The Morgan fingerprint density at radius 2 is 1.18 bits per heavy atom. The van der Waals surface area contributed by atoms with Crippen LogP contribution < -0.4 is 0 Å². The zero-order chi connectivity index (χ0) is 19.2. The molecule has 0 aliphatic carbocycles. The van der Waals surface area contributed by atoms with Crippen LogP contribution in [0.2, 0.25) is 0 Å². The number of carbonyl (C=O) groups is 1. The van der Waals surface area contributed by atoms with Crippen molar-refractivity contribution in [1.29, 1.82) is 0 Å². The molecule has 0 spiro atoms. The van der Waals surface area contributed by atoms with E-state index in [4.69, 9.17) is 4.98 Å². The fraction of sp³-hybridized carbons (Fsp3) is 0.120. The van der Waals surface area contributed by atoms with Crippen molar-refractivity contribution in [2.75, 3.05) is 0 Å². The van der Waals surface area contributed by atoms with Crippen molar-refractivity contribution >= 4 is 6.29 Å². The molecule has 0 bridgehead atoms. The fourth-order valence-corrected chi connectivity index (χ4v) is 3.51. The van der Waals surface area contributed by atoms with Gasteiger partial charge in [0.2, 0.25) is 0 Å². The Labute approximate surface area is 165 Å². The van der Waals surface area contributed by atoms with E-state index in [0.29, 0.717) is 18.8 Å². The number of aldehydes is 1. The summed E-state index contributed by atoms with van der Waals surface area (Å²) >= 11 is 0. The Balaban J connectivity index is 1.77. The number of rotatable bonds is 7. The van der Waals surface area contributed by atoms with E-state index in [2.05, 4.69) is 41.0 Å². The van der Waals surface area contributed by atoms with Crippen LogP contribution in [-0.4, -0.2) is 15.8 Å². The van der Waals surface area contributed by atoms with Crippen molar-refractivity contribution in [1.82, 2.24) is 9.55 Å². The third-order valence-corrected chi connectivity index (χ3v) is 4.90. The molecule has 0 atom stereocenters. The molecule has 28 heavy (non-hydrogen) atoms. The largest absolute Gasteiger partial charge is 0.321 e. The third-order valence-electron chi connectivity index (χ3n) is 4.90. The first-order valence-corrected chi connectivity index (χ1v) is 9.48. The highest BCUT2D eigenvalue weighted by atomic mass is 16.1. The van der Waals surface area contributed by atoms with Crippen LogP contribution in [0.15, 0.2) is 91.0 Å². The lowest BCUT2D eigenvalue weighted by Gasteiger charge is -2.12. The average Bonchev–Trinajstić information content (AvgIpc) is 3.06. The fourth-order valence-electron chi connectivity index (χ4n) is 3.51. The molecule has 0 aliphatic rings. The van der Waals surface area contributed by atoms with Gasteiger partial charge >= 0.3 is 0 Å². The van der Waals surface area contributed by atoms with E-state index in [1.54, 1.807) is 0 Å². The second-order valence-corrected chi connectivity index (χ2v) is 6.88. The molecule has 3 nitrogen and oxygen atoms in total. The van der Waals surface area contributed by atoms with E-state index >= 15 is 0 Å². The van der Waals surface area contributed by atoms with Gasteiger partial charge in [-0.05, 0) is 16.7 Å². The molecule has 0 radical (unpaired) electrons. The maximum Gasteiger partial charge on any atom is 0.185 e. The standard InChI is InChI=1S/C25H22N2O/c28-19-25-26-23(16-20-10-4-1-5-11-20)24(17-21-12-6-2-7-13-21)27(25)18-22-14-8-3-9-15-22/h1-15,19H,16-18H2. The van der Waals surface area contributed by atoms with Crippen molar-refractivity contribution in [2.45, 2.75) is 19.4 Å². The predicted octanol–water partition coefficient (Wildman–Crippen LogP) is 4.93. The lowest BCUT2D eigenvalue weighted by Crippen LogP contribution is -2.09. The molecule has 4 aromatic rings. The molecule has 0 amide bonds. The molecule has 138 valence electrons. The van der Waals surface area contributed by atoms with Gasteiger partial charge in [0.25, 0.3) is 0 Å². The second-order valence-electron chi connectivity index (χ2n) is 6.88. The third kappa shape index (κ3) is 4.09. The smallest absolute Gasteiger partial charge is 0.185 e. The van der Waals surface area contributed by atoms with E-state index in [1.807, 2.05) is 54.6 Å². The summed E-state index contributed by atoms with van der Waals surface area (Å²) in [6.45, 7) is 0.638. The molecule has 1 aromatic heterocycles. The van der Waals surface area contributed by atoms with Crippen molar-refractivity contribution < 1.29 is 4.79 Å². The summed E-state index contributed by atoms with van der Waals surface area (Å²) in [6.07, 6.45) is 2.33. The van der Waals surface area contributed by atoms with Crippen LogP contribution in [0.25, 0.3) is 0 Å². The van der Waals surface area contributed by atoms with E-state index in [9.17, 15) is 4.79 Å². The molecular weight excluding hydrogens is 344 g/mol. The van der Waals surface area contributed by atoms with E-state index < -0.39 is 0 Å². The van der Waals surface area contributed by atoms with Crippen molar-refractivity contribution in [2.24, 2.45) is 0 Å². The molecule has 0 saturated carbocycles. The lowest BCUT2D eigenvalue weighted by atomic mass is 10.0. The van der Waals surface area contributed by atoms with Gasteiger partial charge < -0.3 is 4.57 Å². The molecule has 4 rings (SSSR count). The SMILES string of the molecule is O=Cc1nc(Cc2ccccc2)c(Cc2ccccc2)n1Cc1ccccc1. The highest BCUT2D eigenvalue weighted by Gasteiger charge is 2.18. The zero-order valence-corrected chi connectivity index (χ0v) is 15.7. The Hall–Kier alpha value is -3.46. The van der Waals surface area contributed by atoms with Gasteiger partial charge in [-0.25, -0.2) is 4.98 Å². The molecule has 0 N–H and O–H groups in total. The van der Waals surface area contributed by atoms with Crippen LogP contribution >= 0.6 is 0 Å². The second kappa shape index (κ2) is 8.49. The molecule has 0 aliphatic heterocycles. The summed E-state index contributed by atoms with van der Waals surface area (Å²) in [5.74, 6) is 0.487. The summed E-state index contributed by atoms with van der Waals surface area (Å²) in [5, 5.41) is 0. The average molecular weight is 366 g/mol. The molecule has 0 unspecified atom stereocenters. The number of benzene rings is 3. The van der Waals surface area contributed by atoms with Crippen LogP contribution in [0.4, 0.5) is 0 Å². The van der Waals surface area contributed by atoms with Gasteiger partial charge in [-0.3, -0.25) is 4.79 Å². The van der Waals surface area contributed by atoms with Crippen LogP contribution in [-0.2, 0) is 19.4 Å². The molecular formula is C25H22N2O. The number of nitrogens with zero attached hydrogens (tertiary/aromatic N) is 2. The Bertz CT molecular complexity index is 1040. The highest BCUT2D eigenvalue weighted by molar-refractivity contribution is 5.70. The van der Waals surface area contributed by atoms with Gasteiger partial charge in [-0.2, -0.15) is 0 Å². The molecule has 0 saturated heterocycles. The van der Waals surface area contributed by atoms with Crippen molar-refractivity contribution in [3.05, 3.63) is 125 Å². The Morgan fingerprint density at radius 3 is 1.71 bits per heavy atom. The van der Waals surface area contributed by atoms with Crippen LogP contribution in [0.1, 0.15) is 38.7 Å². The van der Waals surface area contributed by atoms with E-state index in [0.717, 1.165) is 29.7 Å². The number of hydrogen-bond acceptors (Lipinski definition) is 2.